The molecule has 2 fully saturated rings. The number of nitrogens with zero attached hydrogens (tertiary/aromatic N) is 7. The van der Waals surface area contributed by atoms with Gasteiger partial charge in [0.2, 0.25) is 5.95 Å². The van der Waals surface area contributed by atoms with E-state index in [4.69, 9.17) is 15.0 Å². The Hall–Kier alpha value is -3.53. The van der Waals surface area contributed by atoms with Gasteiger partial charge >= 0.3 is 0 Å². The highest BCUT2D eigenvalue weighted by atomic mass is 15.3. The summed E-state index contributed by atoms with van der Waals surface area (Å²) in [5, 5.41) is 14.7. The molecule has 10 heteroatoms. The quantitative estimate of drug-likeness (QED) is 0.357. The van der Waals surface area contributed by atoms with Crippen molar-refractivity contribution in [1.29, 1.82) is 0 Å². The molecular formula is C25H32N10. The molecule has 0 amide bonds. The monoisotopic (exact) mass is 472 g/mol. The summed E-state index contributed by atoms with van der Waals surface area (Å²) in [4.78, 5) is 19.0. The fourth-order valence-corrected chi connectivity index (χ4v) is 5.14. The summed E-state index contributed by atoms with van der Waals surface area (Å²) < 4.78 is 4.01. The molecule has 6 rings (SSSR count). The van der Waals surface area contributed by atoms with E-state index in [9.17, 15) is 0 Å². The first kappa shape index (κ1) is 22.0. The summed E-state index contributed by atoms with van der Waals surface area (Å²) in [6.07, 6.45) is 14.7. The first-order chi connectivity index (χ1) is 17.3. The van der Waals surface area contributed by atoms with Gasteiger partial charge in [-0.2, -0.15) is 15.1 Å². The van der Waals surface area contributed by atoms with Crippen LogP contribution < -0.4 is 16.0 Å². The second-order valence-corrected chi connectivity index (χ2v) is 9.56. The molecule has 4 aromatic rings. The summed E-state index contributed by atoms with van der Waals surface area (Å²) in [6, 6.07) is 6.39. The highest BCUT2D eigenvalue weighted by molar-refractivity contribution is 5.84. The lowest BCUT2D eigenvalue weighted by Gasteiger charge is -2.23. The van der Waals surface area contributed by atoms with Gasteiger partial charge in [0.1, 0.15) is 0 Å². The van der Waals surface area contributed by atoms with E-state index in [2.05, 4.69) is 36.7 Å². The molecule has 4 aromatic heterocycles. The van der Waals surface area contributed by atoms with E-state index in [1.807, 2.05) is 30.9 Å². The third kappa shape index (κ3) is 4.84. The maximum absolute atomic E-state index is 4.92. The number of rotatable bonds is 8. The van der Waals surface area contributed by atoms with Gasteiger partial charge in [-0.3, -0.25) is 0 Å². The van der Waals surface area contributed by atoms with E-state index < -0.39 is 0 Å². The average molecular weight is 473 g/mol. The number of hydrogen-bond donors (Lipinski definition) is 3. The summed E-state index contributed by atoms with van der Waals surface area (Å²) >= 11 is 0. The topological polar surface area (TPSA) is 110 Å². The Morgan fingerprint density at radius 2 is 1.89 bits per heavy atom. The van der Waals surface area contributed by atoms with Crippen molar-refractivity contribution in [3.05, 3.63) is 48.7 Å². The third-order valence-corrected chi connectivity index (χ3v) is 7.16. The lowest BCUT2D eigenvalue weighted by Crippen LogP contribution is -2.31. The lowest BCUT2D eigenvalue weighted by atomic mass is 9.98. The fourth-order valence-electron chi connectivity index (χ4n) is 5.14. The van der Waals surface area contributed by atoms with Crippen LogP contribution in [0.25, 0.3) is 17.0 Å². The fraction of sp³-hybridized carbons (Fsp3) is 0.480. The van der Waals surface area contributed by atoms with Crippen molar-refractivity contribution in [3.8, 4) is 5.82 Å². The summed E-state index contributed by atoms with van der Waals surface area (Å²) in [7, 11) is 0. The Kier molecular flexibility index (Phi) is 6.27. The van der Waals surface area contributed by atoms with Crippen molar-refractivity contribution in [3.63, 3.8) is 0 Å². The van der Waals surface area contributed by atoms with Crippen LogP contribution in [0.5, 0.6) is 0 Å². The van der Waals surface area contributed by atoms with Crippen molar-refractivity contribution in [1.82, 2.24) is 39.6 Å². The maximum atomic E-state index is 4.92. The zero-order valence-corrected chi connectivity index (χ0v) is 19.9. The van der Waals surface area contributed by atoms with Gasteiger partial charge in [-0.1, -0.05) is 18.9 Å². The van der Waals surface area contributed by atoms with E-state index in [0.29, 0.717) is 24.5 Å². The summed E-state index contributed by atoms with van der Waals surface area (Å²) in [5.41, 5.74) is 2.80. The first-order valence-corrected chi connectivity index (χ1v) is 12.7. The Morgan fingerprint density at radius 1 is 1.00 bits per heavy atom. The number of pyridine rings is 1. The lowest BCUT2D eigenvalue weighted by molar-refractivity contribution is 0.389. The molecule has 0 bridgehead atoms. The van der Waals surface area contributed by atoms with Crippen molar-refractivity contribution in [2.24, 2.45) is 5.92 Å². The smallest absolute Gasteiger partial charge is 0.226 e. The Balaban J connectivity index is 1.23. The summed E-state index contributed by atoms with van der Waals surface area (Å²) in [5.74, 6) is 2.87. The van der Waals surface area contributed by atoms with Gasteiger partial charge in [0.15, 0.2) is 22.8 Å². The Bertz CT molecular complexity index is 1240. The van der Waals surface area contributed by atoms with Crippen LogP contribution in [0.4, 0.5) is 11.8 Å². The van der Waals surface area contributed by atoms with E-state index in [1.54, 1.807) is 10.9 Å². The molecular weight excluding hydrogens is 440 g/mol. The number of hydrogen-bond acceptors (Lipinski definition) is 8. The molecule has 0 radical (unpaired) electrons. The predicted octanol–water partition coefficient (Wildman–Crippen LogP) is 3.55. The van der Waals surface area contributed by atoms with Crippen molar-refractivity contribution >= 4 is 22.9 Å². The van der Waals surface area contributed by atoms with Crippen LogP contribution in [0.1, 0.15) is 50.1 Å². The minimum Gasteiger partial charge on any atom is -0.364 e. The van der Waals surface area contributed by atoms with Gasteiger partial charge in [0.25, 0.3) is 0 Å². The van der Waals surface area contributed by atoms with Gasteiger partial charge in [-0.25, -0.2) is 14.6 Å². The van der Waals surface area contributed by atoms with Gasteiger partial charge in [0.05, 0.1) is 6.33 Å². The maximum Gasteiger partial charge on any atom is 0.226 e. The molecule has 1 saturated heterocycles. The molecule has 0 aromatic carbocycles. The van der Waals surface area contributed by atoms with Crippen LogP contribution in [0, 0.1) is 5.92 Å². The van der Waals surface area contributed by atoms with Crippen LogP contribution in [0.3, 0.4) is 0 Å². The Morgan fingerprint density at radius 3 is 2.66 bits per heavy atom. The number of anilines is 2. The normalized spacial score (nSPS) is 17.3. The van der Waals surface area contributed by atoms with E-state index in [0.717, 1.165) is 48.0 Å². The largest absolute Gasteiger partial charge is 0.364 e. The zero-order valence-electron chi connectivity index (χ0n) is 19.9. The molecule has 1 aliphatic heterocycles. The molecule has 1 aliphatic carbocycles. The van der Waals surface area contributed by atoms with Crippen LogP contribution in [-0.4, -0.2) is 53.9 Å². The number of fused-ring (bicyclic) bond motifs is 1. The molecule has 0 spiro atoms. The first-order valence-electron chi connectivity index (χ1n) is 12.7. The number of aromatic nitrogens is 7. The van der Waals surface area contributed by atoms with Gasteiger partial charge in [-0.15, -0.1) is 0 Å². The van der Waals surface area contributed by atoms with Crippen LogP contribution in [0.2, 0.25) is 0 Å². The Labute approximate surface area is 204 Å². The van der Waals surface area contributed by atoms with E-state index in [1.165, 1.54) is 38.5 Å². The second-order valence-electron chi connectivity index (χ2n) is 9.56. The second kappa shape index (κ2) is 9.99. The molecule has 35 heavy (non-hydrogen) atoms. The van der Waals surface area contributed by atoms with Crippen molar-refractivity contribution in [2.45, 2.75) is 51.1 Å². The van der Waals surface area contributed by atoms with Crippen molar-refractivity contribution < 1.29 is 0 Å². The highest BCUT2D eigenvalue weighted by Crippen LogP contribution is 2.33. The minimum atomic E-state index is 0.471. The minimum absolute atomic E-state index is 0.471. The molecule has 10 nitrogen and oxygen atoms in total. The number of nitrogens with one attached hydrogen (secondary N) is 3. The SMILES string of the molecule is c1cnn(-c2ccc(CNc3nc(NCC4CCNCC4)nc4c3ncn4C3CCCC3)cn2)c1. The highest BCUT2D eigenvalue weighted by Gasteiger charge is 2.22. The van der Waals surface area contributed by atoms with Crippen molar-refractivity contribution in [2.75, 3.05) is 30.3 Å². The number of piperidine rings is 1. The molecule has 0 unspecified atom stereocenters. The van der Waals surface area contributed by atoms with Gasteiger partial charge < -0.3 is 20.5 Å². The molecule has 1 saturated carbocycles. The van der Waals surface area contributed by atoms with E-state index >= 15 is 0 Å². The molecule has 182 valence electrons. The standard InChI is InChI=1S/C25H32N10/c1-2-5-20(4-1)34-17-30-22-23(28-16-19-6-7-21(27-15-19)35-13-3-10-31-35)32-25(33-24(22)34)29-14-18-8-11-26-12-9-18/h3,6-7,10,13,15,17-18,20,26H,1-2,4-5,8-9,11-12,14,16H2,(H2,28,29,32,33). The van der Waals surface area contributed by atoms with Crippen LogP contribution in [-0.2, 0) is 6.54 Å². The summed E-state index contributed by atoms with van der Waals surface area (Å²) in [6.45, 7) is 3.66. The average Bonchev–Trinajstić information content (AvgIpc) is 3.69. The predicted molar refractivity (Wildman–Crippen MR) is 136 cm³/mol. The van der Waals surface area contributed by atoms with Crippen LogP contribution >= 0.6 is 0 Å². The zero-order chi connectivity index (χ0) is 23.5. The number of imidazole rings is 1. The third-order valence-electron chi connectivity index (χ3n) is 7.16. The van der Waals surface area contributed by atoms with Gasteiger partial charge in [0, 0.05) is 37.7 Å². The molecule has 5 heterocycles. The molecule has 3 N–H and O–H groups in total. The molecule has 2 aliphatic rings. The van der Waals surface area contributed by atoms with Gasteiger partial charge in [-0.05, 0) is 62.4 Å². The van der Waals surface area contributed by atoms with E-state index in [-0.39, 0.29) is 0 Å². The van der Waals surface area contributed by atoms with Crippen LogP contribution in [0.15, 0.2) is 43.1 Å². The molecule has 0 atom stereocenters.